The van der Waals surface area contributed by atoms with Crippen molar-refractivity contribution in [3.8, 4) is 0 Å². The lowest BCUT2D eigenvalue weighted by Gasteiger charge is -2.05. The maximum absolute atomic E-state index is 12.0. The van der Waals surface area contributed by atoms with Gasteiger partial charge in [-0.05, 0) is 32.9 Å². The Morgan fingerprint density at radius 3 is 2.74 bits per heavy atom. The van der Waals surface area contributed by atoms with E-state index in [1.807, 2.05) is 45.0 Å². The molecular formula is C15H18N2OS. The molecule has 0 spiro atoms. The van der Waals surface area contributed by atoms with Crippen molar-refractivity contribution in [3.05, 3.63) is 51.0 Å². The van der Waals surface area contributed by atoms with Crippen LogP contribution in [0.5, 0.6) is 0 Å². The van der Waals surface area contributed by atoms with E-state index in [0.717, 1.165) is 28.2 Å². The number of benzene rings is 1. The first kappa shape index (κ1) is 13.7. The summed E-state index contributed by atoms with van der Waals surface area (Å²) < 4.78 is 0. The number of aromatic nitrogens is 1. The Morgan fingerprint density at radius 2 is 2.11 bits per heavy atom. The minimum atomic E-state index is -0.0115. The Kier molecular flexibility index (Phi) is 4.32. The van der Waals surface area contributed by atoms with Crippen molar-refractivity contribution < 1.29 is 4.79 Å². The smallest absolute Gasteiger partial charge is 0.251 e. The second-order valence-electron chi connectivity index (χ2n) is 4.62. The van der Waals surface area contributed by atoms with E-state index < -0.39 is 0 Å². The van der Waals surface area contributed by atoms with Crippen LogP contribution in [0.25, 0.3) is 0 Å². The number of nitrogens with zero attached hydrogens (tertiary/aromatic N) is 1. The average Bonchev–Trinajstić information content (AvgIpc) is 2.68. The lowest BCUT2D eigenvalue weighted by molar-refractivity contribution is 0.0954. The van der Waals surface area contributed by atoms with Crippen LogP contribution in [0.2, 0.25) is 0 Å². The van der Waals surface area contributed by atoms with Gasteiger partial charge in [-0.2, -0.15) is 0 Å². The van der Waals surface area contributed by atoms with Crippen LogP contribution < -0.4 is 5.32 Å². The standard InChI is InChI=1S/C15H18N2OS/c1-10-5-4-6-13(9-10)15(18)16-8-7-14-11(2)17-12(3)19-14/h4-6,9H,7-8H2,1-3H3,(H,16,18). The molecule has 1 aromatic heterocycles. The zero-order chi connectivity index (χ0) is 13.8. The second-order valence-corrected chi connectivity index (χ2v) is 5.90. The number of thiazole rings is 1. The highest BCUT2D eigenvalue weighted by molar-refractivity contribution is 7.11. The van der Waals surface area contributed by atoms with E-state index in [1.165, 1.54) is 4.88 Å². The SMILES string of the molecule is Cc1cccc(C(=O)NCCc2sc(C)nc2C)c1. The highest BCUT2D eigenvalue weighted by Crippen LogP contribution is 2.17. The predicted molar refractivity (Wildman–Crippen MR) is 78.8 cm³/mol. The van der Waals surface area contributed by atoms with Crippen LogP contribution in [0.4, 0.5) is 0 Å². The molecule has 1 heterocycles. The van der Waals surface area contributed by atoms with E-state index in [-0.39, 0.29) is 5.91 Å². The van der Waals surface area contributed by atoms with Crippen molar-refractivity contribution in [1.29, 1.82) is 0 Å². The van der Waals surface area contributed by atoms with Crippen molar-refractivity contribution in [3.63, 3.8) is 0 Å². The zero-order valence-electron chi connectivity index (χ0n) is 11.5. The van der Waals surface area contributed by atoms with Gasteiger partial charge in [0.1, 0.15) is 0 Å². The van der Waals surface area contributed by atoms with E-state index in [1.54, 1.807) is 11.3 Å². The minimum absolute atomic E-state index is 0.0115. The third-order valence-electron chi connectivity index (χ3n) is 2.92. The number of hydrogen-bond donors (Lipinski definition) is 1. The van der Waals surface area contributed by atoms with Crippen LogP contribution in [-0.4, -0.2) is 17.4 Å². The molecule has 0 unspecified atom stereocenters. The van der Waals surface area contributed by atoms with Crippen molar-refractivity contribution in [1.82, 2.24) is 10.3 Å². The number of rotatable bonds is 4. The Labute approximate surface area is 117 Å². The van der Waals surface area contributed by atoms with Crippen molar-refractivity contribution in [2.45, 2.75) is 27.2 Å². The largest absolute Gasteiger partial charge is 0.352 e. The molecule has 3 nitrogen and oxygen atoms in total. The van der Waals surface area contributed by atoms with Gasteiger partial charge in [0.05, 0.1) is 10.7 Å². The van der Waals surface area contributed by atoms with Crippen LogP contribution in [-0.2, 0) is 6.42 Å². The quantitative estimate of drug-likeness (QED) is 0.931. The van der Waals surface area contributed by atoms with Gasteiger partial charge < -0.3 is 5.32 Å². The first-order valence-corrected chi connectivity index (χ1v) is 7.15. The van der Waals surface area contributed by atoms with Crippen molar-refractivity contribution in [2.75, 3.05) is 6.54 Å². The van der Waals surface area contributed by atoms with E-state index in [4.69, 9.17) is 0 Å². The van der Waals surface area contributed by atoms with E-state index in [9.17, 15) is 4.79 Å². The van der Waals surface area contributed by atoms with Gasteiger partial charge in [0.15, 0.2) is 0 Å². The fraction of sp³-hybridized carbons (Fsp3) is 0.333. The summed E-state index contributed by atoms with van der Waals surface area (Å²) in [5.41, 5.74) is 2.89. The molecular weight excluding hydrogens is 256 g/mol. The van der Waals surface area contributed by atoms with Crippen LogP contribution in [0, 0.1) is 20.8 Å². The lowest BCUT2D eigenvalue weighted by atomic mass is 10.1. The van der Waals surface area contributed by atoms with E-state index in [0.29, 0.717) is 6.54 Å². The molecule has 19 heavy (non-hydrogen) atoms. The summed E-state index contributed by atoms with van der Waals surface area (Å²) in [5.74, 6) is -0.0115. The van der Waals surface area contributed by atoms with Gasteiger partial charge in [0, 0.05) is 23.4 Å². The second kappa shape index (κ2) is 5.97. The van der Waals surface area contributed by atoms with Gasteiger partial charge >= 0.3 is 0 Å². The fourth-order valence-corrected chi connectivity index (χ4v) is 2.92. The molecule has 4 heteroatoms. The number of aryl methyl sites for hydroxylation is 3. The fourth-order valence-electron chi connectivity index (χ4n) is 1.98. The topological polar surface area (TPSA) is 42.0 Å². The average molecular weight is 274 g/mol. The molecule has 0 aliphatic carbocycles. The van der Waals surface area contributed by atoms with Gasteiger partial charge in [-0.1, -0.05) is 17.7 Å². The Morgan fingerprint density at radius 1 is 1.32 bits per heavy atom. The number of carbonyl (C=O) groups is 1. The molecule has 0 aliphatic rings. The Hall–Kier alpha value is -1.68. The molecule has 1 amide bonds. The Balaban J connectivity index is 1.89. The number of carbonyl (C=O) groups excluding carboxylic acids is 1. The van der Waals surface area contributed by atoms with E-state index >= 15 is 0 Å². The molecule has 0 aliphatic heterocycles. The normalized spacial score (nSPS) is 10.5. The summed E-state index contributed by atoms with van der Waals surface area (Å²) >= 11 is 1.70. The third kappa shape index (κ3) is 3.64. The third-order valence-corrected chi connectivity index (χ3v) is 4.05. The van der Waals surface area contributed by atoms with Crippen molar-refractivity contribution >= 4 is 17.2 Å². The highest BCUT2D eigenvalue weighted by atomic mass is 32.1. The molecule has 1 aromatic carbocycles. The summed E-state index contributed by atoms with van der Waals surface area (Å²) in [7, 11) is 0. The van der Waals surface area contributed by atoms with Crippen LogP contribution in [0.1, 0.15) is 31.5 Å². The molecule has 2 aromatic rings. The van der Waals surface area contributed by atoms with Crippen LogP contribution in [0.3, 0.4) is 0 Å². The maximum atomic E-state index is 12.0. The van der Waals surface area contributed by atoms with Crippen LogP contribution >= 0.6 is 11.3 Å². The molecule has 0 radical (unpaired) electrons. The van der Waals surface area contributed by atoms with Gasteiger partial charge in [-0.15, -0.1) is 11.3 Å². The molecule has 100 valence electrons. The first-order valence-electron chi connectivity index (χ1n) is 6.34. The van der Waals surface area contributed by atoms with Crippen molar-refractivity contribution in [2.24, 2.45) is 0 Å². The molecule has 0 atom stereocenters. The number of nitrogens with one attached hydrogen (secondary N) is 1. The summed E-state index contributed by atoms with van der Waals surface area (Å²) in [4.78, 5) is 17.6. The molecule has 1 N–H and O–H groups in total. The monoisotopic (exact) mass is 274 g/mol. The first-order chi connectivity index (χ1) is 9.06. The molecule has 0 bridgehead atoms. The number of amides is 1. The molecule has 0 saturated heterocycles. The highest BCUT2D eigenvalue weighted by Gasteiger charge is 2.07. The number of hydrogen-bond acceptors (Lipinski definition) is 3. The maximum Gasteiger partial charge on any atom is 0.251 e. The van der Waals surface area contributed by atoms with Gasteiger partial charge in [0.25, 0.3) is 5.91 Å². The van der Waals surface area contributed by atoms with E-state index in [2.05, 4.69) is 10.3 Å². The van der Waals surface area contributed by atoms with Gasteiger partial charge in [-0.25, -0.2) is 4.98 Å². The Bertz CT molecular complexity index is 590. The summed E-state index contributed by atoms with van der Waals surface area (Å²) in [6.45, 7) is 6.66. The summed E-state index contributed by atoms with van der Waals surface area (Å²) in [6.07, 6.45) is 0.842. The lowest BCUT2D eigenvalue weighted by Crippen LogP contribution is -2.25. The van der Waals surface area contributed by atoms with Crippen LogP contribution in [0.15, 0.2) is 24.3 Å². The molecule has 2 rings (SSSR count). The van der Waals surface area contributed by atoms with Gasteiger partial charge in [-0.3, -0.25) is 4.79 Å². The summed E-state index contributed by atoms with van der Waals surface area (Å²) in [5, 5.41) is 4.03. The zero-order valence-corrected chi connectivity index (χ0v) is 12.3. The molecule has 0 saturated carbocycles. The summed E-state index contributed by atoms with van der Waals surface area (Å²) in [6, 6.07) is 7.63. The minimum Gasteiger partial charge on any atom is -0.352 e. The molecule has 0 fully saturated rings. The van der Waals surface area contributed by atoms with Gasteiger partial charge in [0.2, 0.25) is 0 Å². The predicted octanol–water partition coefficient (Wildman–Crippen LogP) is 3.04.